The molecule has 1 aliphatic heterocycles. The van der Waals surface area contributed by atoms with E-state index in [2.05, 4.69) is 9.88 Å². The molecule has 3 rings (SSSR count). The summed E-state index contributed by atoms with van der Waals surface area (Å²) in [6.07, 6.45) is 2.23. The minimum Gasteiger partial charge on any atom is -0.328 e. The van der Waals surface area contributed by atoms with Gasteiger partial charge in [0.05, 0.1) is 5.56 Å². The summed E-state index contributed by atoms with van der Waals surface area (Å²) in [7, 11) is 0. The van der Waals surface area contributed by atoms with E-state index in [1.807, 2.05) is 18.5 Å². The van der Waals surface area contributed by atoms with Gasteiger partial charge in [0.2, 0.25) is 0 Å². The Kier molecular flexibility index (Phi) is 9.98. The van der Waals surface area contributed by atoms with Crippen molar-refractivity contribution in [3.05, 3.63) is 47.9 Å². The highest BCUT2D eigenvalue weighted by Gasteiger charge is 2.30. The van der Waals surface area contributed by atoms with E-state index < -0.39 is 11.7 Å². The fourth-order valence-corrected chi connectivity index (χ4v) is 2.75. The fraction of sp³-hybridized carbons (Fsp3) is 0.438. The molecule has 4 nitrogen and oxygen atoms in total. The third-order valence-electron chi connectivity index (χ3n) is 4.13. The third kappa shape index (κ3) is 6.32. The predicted molar refractivity (Wildman–Crippen MR) is 103 cm³/mol. The van der Waals surface area contributed by atoms with Crippen LogP contribution in [0.4, 0.5) is 13.2 Å². The maximum atomic E-state index is 12.6. The van der Waals surface area contributed by atoms with Gasteiger partial charge in [-0.05, 0) is 49.7 Å². The molecule has 0 aliphatic carbocycles. The molecule has 0 radical (unpaired) electrons. The Bertz CT molecular complexity index is 654. The van der Waals surface area contributed by atoms with Gasteiger partial charge in [-0.1, -0.05) is 0 Å². The number of hydrogen-bond acceptors (Lipinski definition) is 3. The molecular weight excluding hydrogens is 412 g/mol. The molecule has 2 N–H and O–H groups in total. The number of hydrogen-bond donors (Lipinski definition) is 1. The van der Waals surface area contributed by atoms with Crippen molar-refractivity contribution in [2.45, 2.75) is 31.6 Å². The average Bonchev–Trinajstić information content (AvgIpc) is 2.97. The lowest BCUT2D eigenvalue weighted by Crippen LogP contribution is -2.39. The highest BCUT2D eigenvalue weighted by Crippen LogP contribution is 2.28. The summed E-state index contributed by atoms with van der Waals surface area (Å²) in [5.74, 6) is 0.477. The van der Waals surface area contributed by atoms with Gasteiger partial charge in [0.25, 0.3) is 0 Å². The first-order valence-corrected chi connectivity index (χ1v) is 7.60. The van der Waals surface area contributed by atoms with Gasteiger partial charge in [0, 0.05) is 31.2 Å². The fourth-order valence-electron chi connectivity index (χ4n) is 2.75. The van der Waals surface area contributed by atoms with Crippen molar-refractivity contribution < 1.29 is 13.2 Å². The van der Waals surface area contributed by atoms with Crippen LogP contribution < -0.4 is 5.73 Å². The Balaban J connectivity index is 0.00000208. The molecule has 3 heterocycles. The summed E-state index contributed by atoms with van der Waals surface area (Å²) in [6, 6.07) is 4.70. The van der Waals surface area contributed by atoms with Gasteiger partial charge in [-0.2, -0.15) is 13.2 Å². The number of halogens is 6. The first-order chi connectivity index (χ1) is 10.9. The molecule has 148 valence electrons. The second kappa shape index (κ2) is 10.4. The Hall–Kier alpha value is -0.990. The predicted octanol–water partition coefficient (Wildman–Crippen LogP) is 4.08. The molecule has 0 bridgehead atoms. The highest BCUT2D eigenvalue weighted by atomic mass is 35.5. The van der Waals surface area contributed by atoms with Crippen molar-refractivity contribution in [3.63, 3.8) is 0 Å². The van der Waals surface area contributed by atoms with Crippen LogP contribution in [0.3, 0.4) is 0 Å². The van der Waals surface area contributed by atoms with Gasteiger partial charge in [0.15, 0.2) is 0 Å². The summed E-state index contributed by atoms with van der Waals surface area (Å²) in [4.78, 5) is 6.23. The van der Waals surface area contributed by atoms with Crippen LogP contribution in [0.5, 0.6) is 0 Å². The van der Waals surface area contributed by atoms with E-state index in [0.717, 1.165) is 50.3 Å². The van der Waals surface area contributed by atoms with Gasteiger partial charge in [-0.15, -0.1) is 37.2 Å². The lowest BCUT2D eigenvalue weighted by atomic mass is 10.1. The molecule has 0 aromatic carbocycles. The molecule has 2 aromatic heterocycles. The number of aromatic nitrogens is 2. The van der Waals surface area contributed by atoms with Gasteiger partial charge in [-0.3, -0.25) is 4.90 Å². The second-order valence-corrected chi connectivity index (χ2v) is 5.94. The highest BCUT2D eigenvalue weighted by molar-refractivity contribution is 5.86. The van der Waals surface area contributed by atoms with E-state index in [-0.39, 0.29) is 37.2 Å². The molecular formula is C16H22Cl3F3N4. The normalized spacial score (nSPS) is 15.5. The molecule has 10 heteroatoms. The van der Waals surface area contributed by atoms with Crippen molar-refractivity contribution in [1.29, 1.82) is 0 Å². The summed E-state index contributed by atoms with van der Waals surface area (Å²) in [6.45, 7) is 2.77. The topological polar surface area (TPSA) is 47.1 Å². The van der Waals surface area contributed by atoms with Crippen LogP contribution in [0.2, 0.25) is 0 Å². The second-order valence-electron chi connectivity index (χ2n) is 5.94. The Morgan fingerprint density at radius 1 is 1.08 bits per heavy atom. The molecule has 26 heavy (non-hydrogen) atoms. The zero-order valence-corrected chi connectivity index (χ0v) is 16.3. The number of piperidine rings is 1. The molecule has 0 saturated carbocycles. The zero-order chi connectivity index (χ0) is 16.4. The van der Waals surface area contributed by atoms with E-state index >= 15 is 0 Å². The van der Waals surface area contributed by atoms with Crippen molar-refractivity contribution >= 4 is 37.2 Å². The largest absolute Gasteiger partial charge is 0.417 e. The number of likely N-dealkylation sites (tertiary alicyclic amines) is 1. The van der Waals surface area contributed by atoms with E-state index in [1.165, 1.54) is 6.07 Å². The standard InChI is InChI=1S/C16H19F3N4.3ClH/c17-16(18,19)13-1-2-15(21-9-13)23-8-3-12(11-23)10-22-6-4-14(20)5-7-22;;;/h1-3,8-9,11,14H,4-7,10,20H2;3*1H. The van der Waals surface area contributed by atoms with Crippen molar-refractivity contribution in [2.75, 3.05) is 13.1 Å². The summed E-state index contributed by atoms with van der Waals surface area (Å²) in [5.41, 5.74) is 6.27. The maximum Gasteiger partial charge on any atom is 0.417 e. The van der Waals surface area contributed by atoms with Crippen LogP contribution in [0, 0.1) is 0 Å². The van der Waals surface area contributed by atoms with E-state index in [0.29, 0.717) is 11.9 Å². The minimum absolute atomic E-state index is 0. The number of alkyl halides is 3. The van der Waals surface area contributed by atoms with Gasteiger partial charge < -0.3 is 10.3 Å². The summed E-state index contributed by atoms with van der Waals surface area (Å²) >= 11 is 0. The van der Waals surface area contributed by atoms with Crippen molar-refractivity contribution in [2.24, 2.45) is 5.73 Å². The molecule has 0 spiro atoms. The van der Waals surface area contributed by atoms with E-state index in [9.17, 15) is 13.2 Å². The maximum absolute atomic E-state index is 12.6. The molecule has 0 amide bonds. The smallest absolute Gasteiger partial charge is 0.328 e. The van der Waals surface area contributed by atoms with Crippen molar-refractivity contribution in [3.8, 4) is 5.82 Å². The molecule has 2 aromatic rings. The average molecular weight is 434 g/mol. The summed E-state index contributed by atoms with van der Waals surface area (Å²) < 4.78 is 39.4. The Morgan fingerprint density at radius 2 is 1.73 bits per heavy atom. The number of nitrogens with zero attached hydrogens (tertiary/aromatic N) is 3. The van der Waals surface area contributed by atoms with Crippen LogP contribution in [-0.2, 0) is 12.7 Å². The number of rotatable bonds is 3. The van der Waals surface area contributed by atoms with Crippen LogP contribution in [0.25, 0.3) is 5.82 Å². The van der Waals surface area contributed by atoms with Crippen LogP contribution in [-0.4, -0.2) is 33.6 Å². The summed E-state index contributed by atoms with van der Waals surface area (Å²) in [5, 5.41) is 0. The molecule has 0 unspecified atom stereocenters. The van der Waals surface area contributed by atoms with E-state index in [1.54, 1.807) is 4.57 Å². The monoisotopic (exact) mass is 432 g/mol. The van der Waals surface area contributed by atoms with Crippen LogP contribution >= 0.6 is 37.2 Å². The minimum atomic E-state index is -4.36. The van der Waals surface area contributed by atoms with Gasteiger partial charge in [-0.25, -0.2) is 4.98 Å². The Morgan fingerprint density at radius 3 is 2.27 bits per heavy atom. The van der Waals surface area contributed by atoms with Crippen molar-refractivity contribution in [1.82, 2.24) is 14.5 Å². The zero-order valence-electron chi connectivity index (χ0n) is 13.9. The van der Waals surface area contributed by atoms with Gasteiger partial charge >= 0.3 is 6.18 Å². The first kappa shape index (κ1) is 25.0. The van der Waals surface area contributed by atoms with Crippen LogP contribution in [0.1, 0.15) is 24.0 Å². The Labute approximate surface area is 169 Å². The van der Waals surface area contributed by atoms with E-state index in [4.69, 9.17) is 5.73 Å². The molecule has 0 atom stereocenters. The third-order valence-corrected chi connectivity index (χ3v) is 4.13. The van der Waals surface area contributed by atoms with Gasteiger partial charge in [0.1, 0.15) is 5.82 Å². The lowest BCUT2D eigenvalue weighted by molar-refractivity contribution is -0.137. The SMILES string of the molecule is Cl.Cl.Cl.NC1CCN(Cc2ccn(-c3ccc(C(F)(F)F)cn3)c2)CC1. The lowest BCUT2D eigenvalue weighted by Gasteiger charge is -2.29. The number of nitrogens with two attached hydrogens (primary N) is 1. The first-order valence-electron chi connectivity index (χ1n) is 7.60. The molecule has 1 saturated heterocycles. The molecule has 1 fully saturated rings. The quantitative estimate of drug-likeness (QED) is 0.793. The van der Waals surface area contributed by atoms with Crippen LogP contribution in [0.15, 0.2) is 36.8 Å². The molecule has 1 aliphatic rings. The number of pyridine rings is 1.